The molecular formula is C18H21Cl3N3O2P. The molecular weight excluding hydrogens is 428 g/mol. The first kappa shape index (κ1) is 22.2. The predicted molar refractivity (Wildman–Crippen MR) is 112 cm³/mol. The van der Waals surface area contributed by atoms with E-state index in [2.05, 4.69) is 15.3 Å². The summed E-state index contributed by atoms with van der Waals surface area (Å²) in [5, 5.41) is 8.23. The van der Waals surface area contributed by atoms with Gasteiger partial charge in [-0.3, -0.25) is 14.4 Å². The molecule has 27 heavy (non-hydrogen) atoms. The molecule has 5 nitrogen and oxygen atoms in total. The maximum atomic E-state index is 13.5. The third-order valence-electron chi connectivity index (χ3n) is 3.87. The van der Waals surface area contributed by atoms with Crippen LogP contribution in [0.25, 0.3) is 0 Å². The number of hydrogen-bond acceptors (Lipinski definition) is 2. The highest BCUT2D eigenvalue weighted by Gasteiger charge is 2.37. The van der Waals surface area contributed by atoms with E-state index < -0.39 is 17.3 Å². The van der Waals surface area contributed by atoms with Crippen LogP contribution in [0.15, 0.2) is 60.7 Å². The quantitative estimate of drug-likeness (QED) is 0.398. The predicted octanol–water partition coefficient (Wildman–Crippen LogP) is 5.28. The van der Waals surface area contributed by atoms with Gasteiger partial charge >= 0.3 is 7.59 Å². The van der Waals surface area contributed by atoms with Crippen LogP contribution in [-0.4, -0.2) is 9.70 Å². The smallest absolute Gasteiger partial charge is 0.279 e. The summed E-state index contributed by atoms with van der Waals surface area (Å²) >= 11 is 16.9. The Hall–Kier alpha value is -1.07. The first-order chi connectivity index (χ1) is 12.6. The summed E-state index contributed by atoms with van der Waals surface area (Å²) < 4.78 is 11.3. The average Bonchev–Trinajstić information content (AvgIpc) is 2.62. The molecule has 2 aromatic carbocycles. The maximum Gasteiger partial charge on any atom is 0.306 e. The van der Waals surface area contributed by atoms with Gasteiger partial charge in [0, 0.05) is 12.1 Å². The number of hydrogen-bond donors (Lipinski definition) is 3. The molecule has 2 rings (SSSR count). The summed E-state index contributed by atoms with van der Waals surface area (Å²) in [6.45, 7) is 3.66. The van der Waals surface area contributed by atoms with E-state index in [9.17, 15) is 9.36 Å². The average molecular weight is 449 g/mol. The zero-order valence-electron chi connectivity index (χ0n) is 14.8. The summed E-state index contributed by atoms with van der Waals surface area (Å²) in [7, 11) is -3.67. The molecule has 0 saturated carbocycles. The first-order valence-corrected chi connectivity index (χ1v) is 11.1. The van der Waals surface area contributed by atoms with Gasteiger partial charge in [-0.2, -0.15) is 0 Å². The Morgan fingerprint density at radius 2 is 1.22 bits per heavy atom. The monoisotopic (exact) mass is 447 g/mol. The van der Waals surface area contributed by atoms with E-state index in [0.717, 1.165) is 11.1 Å². The fourth-order valence-corrected chi connectivity index (χ4v) is 4.87. The van der Waals surface area contributed by atoms with Gasteiger partial charge < -0.3 is 0 Å². The van der Waals surface area contributed by atoms with E-state index in [1.54, 1.807) is 0 Å². The van der Waals surface area contributed by atoms with Crippen LogP contribution in [0.2, 0.25) is 0 Å². The minimum atomic E-state index is -3.67. The molecule has 0 heterocycles. The molecule has 0 radical (unpaired) electrons. The molecule has 9 heteroatoms. The lowest BCUT2D eigenvalue weighted by atomic mass is 10.1. The zero-order valence-corrected chi connectivity index (χ0v) is 18.0. The van der Waals surface area contributed by atoms with Crippen LogP contribution in [0, 0.1) is 0 Å². The number of carbonyl (C=O) groups is 1. The largest absolute Gasteiger partial charge is 0.306 e. The number of rotatable bonds is 7. The summed E-state index contributed by atoms with van der Waals surface area (Å²) in [4.78, 5) is 12.2. The van der Waals surface area contributed by atoms with E-state index in [-0.39, 0.29) is 12.1 Å². The van der Waals surface area contributed by atoms with Crippen LogP contribution in [0.4, 0.5) is 0 Å². The van der Waals surface area contributed by atoms with E-state index in [1.165, 1.54) is 0 Å². The van der Waals surface area contributed by atoms with Crippen molar-refractivity contribution in [2.75, 3.05) is 0 Å². The van der Waals surface area contributed by atoms with Crippen LogP contribution in [-0.2, 0) is 9.36 Å². The zero-order chi connectivity index (χ0) is 20.1. The molecule has 0 bridgehead atoms. The van der Waals surface area contributed by atoms with Crippen LogP contribution in [0.3, 0.4) is 0 Å². The van der Waals surface area contributed by atoms with Crippen molar-refractivity contribution in [3.63, 3.8) is 0 Å². The van der Waals surface area contributed by atoms with E-state index in [4.69, 9.17) is 34.8 Å². The number of benzene rings is 2. The van der Waals surface area contributed by atoms with E-state index >= 15 is 0 Å². The number of alkyl halides is 3. The normalized spacial score (nSPS) is 16.2. The molecule has 146 valence electrons. The third kappa shape index (κ3) is 6.79. The van der Waals surface area contributed by atoms with Crippen molar-refractivity contribution in [1.82, 2.24) is 15.3 Å². The molecule has 2 aromatic rings. The molecule has 0 fully saturated rings. The molecule has 0 aromatic heterocycles. The molecule has 0 aliphatic carbocycles. The Balaban J connectivity index is 2.24. The van der Waals surface area contributed by atoms with Crippen molar-refractivity contribution in [3.8, 4) is 0 Å². The highest BCUT2D eigenvalue weighted by Crippen LogP contribution is 2.40. The fourth-order valence-electron chi connectivity index (χ4n) is 2.49. The van der Waals surface area contributed by atoms with Crippen LogP contribution in [0.1, 0.15) is 37.1 Å². The topological polar surface area (TPSA) is 70.2 Å². The molecule has 1 amide bonds. The first-order valence-electron chi connectivity index (χ1n) is 8.26. The standard InChI is InChI=1S/C18H21Cl3N3O2P/c1-13(15-9-5-3-6-10-15)22-27(26,24-17(25)18(19,20)21)23-14(2)16-11-7-4-8-12-16/h3-14H,1-2H3,(H3,22,23,24,25,26). The Labute approximate surface area is 174 Å². The Bertz CT molecular complexity index is 749. The van der Waals surface area contributed by atoms with Gasteiger partial charge in [0.25, 0.3) is 9.70 Å². The van der Waals surface area contributed by atoms with Gasteiger partial charge in [-0.15, -0.1) is 0 Å². The molecule has 2 unspecified atom stereocenters. The fraction of sp³-hybridized carbons (Fsp3) is 0.278. The van der Waals surface area contributed by atoms with Gasteiger partial charge in [-0.1, -0.05) is 95.5 Å². The van der Waals surface area contributed by atoms with Gasteiger partial charge in [0.1, 0.15) is 0 Å². The van der Waals surface area contributed by atoms with Crippen LogP contribution < -0.4 is 15.3 Å². The number of carbonyl (C=O) groups excluding carboxylic acids is 1. The number of amides is 1. The highest BCUT2D eigenvalue weighted by molar-refractivity contribution is 7.58. The van der Waals surface area contributed by atoms with Crippen molar-refractivity contribution in [1.29, 1.82) is 0 Å². The molecule has 0 aliphatic heterocycles. The van der Waals surface area contributed by atoms with Gasteiger partial charge in [0.2, 0.25) is 0 Å². The summed E-state index contributed by atoms with van der Waals surface area (Å²) in [6.07, 6.45) is 0. The van der Waals surface area contributed by atoms with Gasteiger partial charge in [-0.25, -0.2) is 10.2 Å². The summed E-state index contributed by atoms with van der Waals surface area (Å²) in [5.41, 5.74) is 1.80. The molecule has 0 aliphatic rings. The lowest BCUT2D eigenvalue weighted by Gasteiger charge is -2.29. The van der Waals surface area contributed by atoms with Crippen molar-refractivity contribution >= 4 is 48.3 Å². The third-order valence-corrected chi connectivity index (χ3v) is 6.40. The molecule has 2 atom stereocenters. The van der Waals surface area contributed by atoms with Crippen molar-refractivity contribution in [2.24, 2.45) is 0 Å². The SMILES string of the molecule is CC(NP(=O)(NC(=O)C(Cl)(Cl)Cl)NC(C)c1ccccc1)c1ccccc1. The number of halogens is 3. The molecule has 3 N–H and O–H groups in total. The van der Waals surface area contributed by atoms with Crippen molar-refractivity contribution < 1.29 is 9.36 Å². The Morgan fingerprint density at radius 1 is 0.852 bits per heavy atom. The van der Waals surface area contributed by atoms with E-state index in [1.807, 2.05) is 74.5 Å². The number of nitrogens with one attached hydrogen (secondary N) is 3. The van der Waals surface area contributed by atoms with Crippen LogP contribution in [0.5, 0.6) is 0 Å². The lowest BCUT2D eigenvalue weighted by Crippen LogP contribution is -2.42. The Morgan fingerprint density at radius 3 is 1.56 bits per heavy atom. The van der Waals surface area contributed by atoms with E-state index in [0.29, 0.717) is 0 Å². The van der Waals surface area contributed by atoms with Crippen molar-refractivity contribution in [3.05, 3.63) is 71.8 Å². The summed E-state index contributed by atoms with van der Waals surface area (Å²) in [6, 6.07) is 18.2. The second kappa shape index (κ2) is 9.42. The van der Waals surface area contributed by atoms with Crippen molar-refractivity contribution in [2.45, 2.75) is 29.7 Å². The van der Waals surface area contributed by atoms with Crippen LogP contribution >= 0.6 is 42.4 Å². The van der Waals surface area contributed by atoms with Gasteiger partial charge in [0.15, 0.2) is 0 Å². The van der Waals surface area contributed by atoms with Gasteiger partial charge in [-0.05, 0) is 25.0 Å². The summed E-state index contributed by atoms with van der Waals surface area (Å²) in [5.74, 6) is -0.976. The minimum Gasteiger partial charge on any atom is -0.279 e. The molecule has 0 spiro atoms. The lowest BCUT2D eigenvalue weighted by molar-refractivity contribution is -0.118. The van der Waals surface area contributed by atoms with Gasteiger partial charge in [0.05, 0.1) is 0 Å². The Kier molecular flexibility index (Phi) is 7.75. The molecule has 0 saturated heterocycles. The highest BCUT2D eigenvalue weighted by atomic mass is 35.6. The maximum absolute atomic E-state index is 13.5. The second-order valence-electron chi connectivity index (χ2n) is 6.07. The minimum absolute atomic E-state index is 0.330. The second-order valence-corrected chi connectivity index (χ2v) is 10.3.